The number of hydrogen-bond donors (Lipinski definition) is 1. The Morgan fingerprint density at radius 2 is 2.00 bits per heavy atom. The summed E-state index contributed by atoms with van der Waals surface area (Å²) in [6.07, 6.45) is 0. The van der Waals surface area contributed by atoms with E-state index in [1.807, 2.05) is 50.2 Å². The first-order chi connectivity index (χ1) is 6.65. The molecule has 0 saturated heterocycles. The Morgan fingerprint density at radius 1 is 1.36 bits per heavy atom. The molecule has 0 unspecified atom stereocenters. The fourth-order valence-electron chi connectivity index (χ4n) is 1.07. The fraction of sp³-hybridized carbons (Fsp3) is 0.364. The average Bonchev–Trinajstić information content (AvgIpc) is 2.18. The van der Waals surface area contributed by atoms with E-state index in [1.54, 1.807) is 0 Å². The second-order valence-electron chi connectivity index (χ2n) is 3.39. The third-order valence-corrected chi connectivity index (χ3v) is 2.14. The molecule has 0 aliphatic carbocycles. The van der Waals surface area contributed by atoms with Gasteiger partial charge < -0.3 is 10.6 Å². The van der Waals surface area contributed by atoms with Crippen LogP contribution in [0, 0.1) is 0 Å². The fourth-order valence-corrected chi connectivity index (χ4v) is 1.07. The molecule has 1 rings (SSSR count). The third kappa shape index (κ3) is 2.57. The molecular formula is C11H17N3. The van der Waals surface area contributed by atoms with Gasteiger partial charge in [0.05, 0.1) is 5.69 Å². The highest BCUT2D eigenvalue weighted by molar-refractivity contribution is 5.82. The lowest BCUT2D eigenvalue weighted by Gasteiger charge is -2.12. The molecule has 0 amide bonds. The number of hydrogen-bond acceptors (Lipinski definition) is 2. The molecule has 0 heterocycles. The summed E-state index contributed by atoms with van der Waals surface area (Å²) in [5, 5.41) is 0. The molecule has 2 N–H and O–H groups in total. The van der Waals surface area contributed by atoms with E-state index < -0.39 is 0 Å². The molecule has 1 aromatic rings. The summed E-state index contributed by atoms with van der Waals surface area (Å²) < 4.78 is 0. The molecule has 76 valence electrons. The van der Waals surface area contributed by atoms with Gasteiger partial charge in [-0.15, -0.1) is 0 Å². The minimum absolute atomic E-state index is 0.528. The van der Waals surface area contributed by atoms with Gasteiger partial charge >= 0.3 is 0 Å². The van der Waals surface area contributed by atoms with Gasteiger partial charge in [0.25, 0.3) is 0 Å². The highest BCUT2D eigenvalue weighted by Gasteiger charge is 1.99. The highest BCUT2D eigenvalue weighted by Crippen LogP contribution is 2.18. The van der Waals surface area contributed by atoms with Gasteiger partial charge in [-0.1, -0.05) is 18.2 Å². The van der Waals surface area contributed by atoms with Gasteiger partial charge in [-0.3, -0.25) is 0 Å². The Hall–Kier alpha value is -1.35. The summed E-state index contributed by atoms with van der Waals surface area (Å²) in [6, 6.07) is 7.93. The monoisotopic (exact) mass is 191 g/mol. The molecule has 0 aromatic heterocycles. The minimum Gasteiger partial charge on any atom is -0.366 e. The number of amidine groups is 1. The van der Waals surface area contributed by atoms with Crippen LogP contribution in [0.5, 0.6) is 0 Å². The summed E-state index contributed by atoms with van der Waals surface area (Å²) in [5.74, 6) is 0.978. The zero-order valence-corrected chi connectivity index (χ0v) is 8.99. The maximum Gasteiger partial charge on any atom is 0.101 e. The van der Waals surface area contributed by atoms with Crippen molar-refractivity contribution in [2.45, 2.75) is 13.5 Å². The molecule has 1 aromatic carbocycles. The van der Waals surface area contributed by atoms with Crippen molar-refractivity contribution in [3.63, 3.8) is 0 Å². The SMILES string of the molecule is CC(=Nc1ccccc1CN)N(C)C. The molecule has 0 aliphatic heterocycles. The van der Waals surface area contributed by atoms with Crippen molar-refractivity contribution >= 4 is 11.5 Å². The van der Waals surface area contributed by atoms with E-state index in [4.69, 9.17) is 5.73 Å². The van der Waals surface area contributed by atoms with Crippen LogP contribution < -0.4 is 5.73 Å². The number of para-hydroxylation sites is 1. The van der Waals surface area contributed by atoms with Crippen LogP contribution in [0.2, 0.25) is 0 Å². The quantitative estimate of drug-likeness (QED) is 0.571. The topological polar surface area (TPSA) is 41.6 Å². The molecule has 0 saturated carbocycles. The number of nitrogens with zero attached hydrogens (tertiary/aromatic N) is 2. The van der Waals surface area contributed by atoms with Crippen LogP contribution in [0.3, 0.4) is 0 Å². The molecule has 0 radical (unpaired) electrons. The van der Waals surface area contributed by atoms with Crippen molar-refractivity contribution in [2.24, 2.45) is 10.7 Å². The summed E-state index contributed by atoms with van der Waals surface area (Å²) in [6.45, 7) is 2.51. The van der Waals surface area contributed by atoms with E-state index in [0.717, 1.165) is 17.1 Å². The molecule has 0 atom stereocenters. The molecule has 0 aliphatic rings. The summed E-state index contributed by atoms with van der Waals surface area (Å²) in [7, 11) is 3.95. The Balaban J connectivity index is 3.01. The zero-order chi connectivity index (χ0) is 10.6. The molecule has 0 spiro atoms. The highest BCUT2D eigenvalue weighted by atomic mass is 15.1. The average molecular weight is 191 g/mol. The largest absolute Gasteiger partial charge is 0.366 e. The Morgan fingerprint density at radius 3 is 2.57 bits per heavy atom. The molecule has 0 bridgehead atoms. The van der Waals surface area contributed by atoms with Crippen molar-refractivity contribution in [3.05, 3.63) is 29.8 Å². The van der Waals surface area contributed by atoms with Gasteiger partial charge in [-0.2, -0.15) is 0 Å². The first-order valence-corrected chi connectivity index (χ1v) is 4.65. The number of aliphatic imine (C=N–C) groups is 1. The van der Waals surface area contributed by atoms with Gasteiger partial charge in [-0.25, -0.2) is 4.99 Å². The van der Waals surface area contributed by atoms with Gasteiger partial charge in [-0.05, 0) is 18.6 Å². The predicted octanol–water partition coefficient (Wildman–Crippen LogP) is 1.76. The minimum atomic E-state index is 0.528. The van der Waals surface area contributed by atoms with Gasteiger partial charge in [0.15, 0.2) is 0 Å². The van der Waals surface area contributed by atoms with Crippen LogP contribution in [0.4, 0.5) is 5.69 Å². The van der Waals surface area contributed by atoms with Crippen molar-refractivity contribution in [1.82, 2.24) is 4.90 Å². The maximum absolute atomic E-state index is 5.62. The van der Waals surface area contributed by atoms with Crippen molar-refractivity contribution in [1.29, 1.82) is 0 Å². The van der Waals surface area contributed by atoms with E-state index in [1.165, 1.54) is 0 Å². The third-order valence-electron chi connectivity index (χ3n) is 2.14. The summed E-state index contributed by atoms with van der Waals surface area (Å²) in [4.78, 5) is 6.47. The lowest BCUT2D eigenvalue weighted by atomic mass is 10.2. The van der Waals surface area contributed by atoms with Crippen molar-refractivity contribution in [3.8, 4) is 0 Å². The van der Waals surface area contributed by atoms with Crippen LogP contribution in [0.1, 0.15) is 12.5 Å². The van der Waals surface area contributed by atoms with Gasteiger partial charge in [0.1, 0.15) is 5.84 Å². The molecule has 3 nitrogen and oxygen atoms in total. The van der Waals surface area contributed by atoms with Crippen LogP contribution >= 0.6 is 0 Å². The standard InChI is InChI=1S/C11H17N3/c1-9(14(2)3)13-11-7-5-4-6-10(11)8-12/h4-7H,8,12H2,1-3H3. The van der Waals surface area contributed by atoms with E-state index in [0.29, 0.717) is 6.54 Å². The van der Waals surface area contributed by atoms with Gasteiger partial charge in [0, 0.05) is 20.6 Å². The summed E-state index contributed by atoms with van der Waals surface area (Å²) in [5.41, 5.74) is 7.66. The molecule has 0 fully saturated rings. The number of nitrogens with two attached hydrogens (primary N) is 1. The van der Waals surface area contributed by atoms with Crippen LogP contribution in [0.25, 0.3) is 0 Å². The Bertz CT molecular complexity index is 329. The van der Waals surface area contributed by atoms with E-state index in [-0.39, 0.29) is 0 Å². The first kappa shape index (κ1) is 10.7. The number of benzene rings is 1. The van der Waals surface area contributed by atoms with Crippen LogP contribution in [-0.2, 0) is 6.54 Å². The molecule has 3 heteroatoms. The second kappa shape index (κ2) is 4.77. The Labute approximate surface area is 85.3 Å². The molecular weight excluding hydrogens is 174 g/mol. The van der Waals surface area contributed by atoms with Crippen molar-refractivity contribution in [2.75, 3.05) is 14.1 Å². The Kier molecular flexibility index (Phi) is 3.65. The van der Waals surface area contributed by atoms with E-state index >= 15 is 0 Å². The smallest absolute Gasteiger partial charge is 0.101 e. The van der Waals surface area contributed by atoms with E-state index in [9.17, 15) is 0 Å². The maximum atomic E-state index is 5.62. The van der Waals surface area contributed by atoms with Crippen molar-refractivity contribution < 1.29 is 0 Å². The van der Waals surface area contributed by atoms with Gasteiger partial charge in [0.2, 0.25) is 0 Å². The second-order valence-corrected chi connectivity index (χ2v) is 3.39. The molecule has 14 heavy (non-hydrogen) atoms. The summed E-state index contributed by atoms with van der Waals surface area (Å²) >= 11 is 0. The lowest BCUT2D eigenvalue weighted by molar-refractivity contribution is 0.618. The predicted molar refractivity (Wildman–Crippen MR) is 60.8 cm³/mol. The lowest BCUT2D eigenvalue weighted by Crippen LogP contribution is -2.18. The normalized spacial score (nSPS) is 11.6. The first-order valence-electron chi connectivity index (χ1n) is 4.65. The van der Waals surface area contributed by atoms with E-state index in [2.05, 4.69) is 4.99 Å². The number of rotatable bonds is 2. The van der Waals surface area contributed by atoms with Crippen LogP contribution in [0.15, 0.2) is 29.3 Å². The van der Waals surface area contributed by atoms with Crippen LogP contribution in [-0.4, -0.2) is 24.8 Å². The zero-order valence-electron chi connectivity index (χ0n) is 8.99.